The molecule has 1 saturated heterocycles. The lowest BCUT2D eigenvalue weighted by molar-refractivity contribution is -0.121. The predicted octanol–water partition coefficient (Wildman–Crippen LogP) is 1.56. The van der Waals surface area contributed by atoms with Gasteiger partial charge < -0.3 is 0 Å². The Labute approximate surface area is 139 Å². The Bertz CT molecular complexity index is 772. The maximum atomic E-state index is 12.4. The molecule has 0 bridgehead atoms. The summed E-state index contributed by atoms with van der Waals surface area (Å²) in [6, 6.07) is 15.0. The number of amides is 3. The van der Waals surface area contributed by atoms with Gasteiger partial charge in [0.25, 0.3) is 11.8 Å². The Morgan fingerprint density at radius 3 is 2.38 bits per heavy atom. The fourth-order valence-electron chi connectivity index (χ4n) is 2.52. The summed E-state index contributed by atoms with van der Waals surface area (Å²) in [6.45, 7) is 1.93. The van der Waals surface area contributed by atoms with E-state index < -0.39 is 6.04 Å². The number of nitrogens with one attached hydrogen (secondary N) is 2. The molecular weight excluding hydrogens is 306 g/mol. The van der Waals surface area contributed by atoms with Crippen molar-refractivity contribution in [2.45, 2.75) is 19.4 Å². The molecule has 2 N–H and O–H groups in total. The topological polar surface area (TPSA) is 78.5 Å². The van der Waals surface area contributed by atoms with Crippen LogP contribution >= 0.6 is 0 Å². The lowest BCUT2D eigenvalue weighted by Gasteiger charge is -2.16. The highest BCUT2D eigenvalue weighted by Crippen LogP contribution is 2.22. The number of hydrogen-bond acceptors (Lipinski definition) is 4. The Morgan fingerprint density at radius 1 is 1.04 bits per heavy atom. The molecule has 0 unspecified atom stereocenters. The van der Waals surface area contributed by atoms with E-state index >= 15 is 0 Å². The minimum absolute atomic E-state index is 0.00177. The van der Waals surface area contributed by atoms with Gasteiger partial charge in [-0.05, 0) is 31.2 Å². The largest absolute Gasteiger partial charge is 0.287 e. The van der Waals surface area contributed by atoms with Crippen LogP contribution in [0.5, 0.6) is 0 Å². The van der Waals surface area contributed by atoms with Crippen LogP contribution in [0.2, 0.25) is 0 Å². The van der Waals surface area contributed by atoms with Crippen LogP contribution in [0, 0.1) is 6.92 Å². The third kappa shape index (κ3) is 3.18. The van der Waals surface area contributed by atoms with Gasteiger partial charge in [-0.3, -0.25) is 19.8 Å². The molecule has 1 atom stereocenters. The highest BCUT2D eigenvalue weighted by molar-refractivity contribution is 6.22. The van der Waals surface area contributed by atoms with Crippen LogP contribution < -0.4 is 15.8 Å². The molecule has 3 amide bonds. The molecule has 1 aliphatic rings. The van der Waals surface area contributed by atoms with Crippen LogP contribution in [0.25, 0.3) is 0 Å². The zero-order valence-electron chi connectivity index (χ0n) is 13.2. The average Bonchev–Trinajstić information content (AvgIpc) is 2.88. The number of hydrazine groups is 1. The number of carbonyl (C=O) groups is 3. The lowest BCUT2D eigenvalue weighted by Crippen LogP contribution is -2.48. The molecule has 2 aromatic rings. The summed E-state index contributed by atoms with van der Waals surface area (Å²) in [4.78, 5) is 37.7. The van der Waals surface area contributed by atoms with Crippen molar-refractivity contribution in [1.82, 2.24) is 10.9 Å². The summed E-state index contributed by atoms with van der Waals surface area (Å²) in [5.41, 5.74) is 7.19. The average molecular weight is 323 g/mol. The van der Waals surface area contributed by atoms with E-state index in [9.17, 15) is 14.4 Å². The van der Waals surface area contributed by atoms with Crippen LogP contribution in [0.3, 0.4) is 0 Å². The molecule has 122 valence electrons. The molecule has 1 fully saturated rings. The summed E-state index contributed by atoms with van der Waals surface area (Å²) >= 11 is 0. The molecule has 3 rings (SSSR count). The molecule has 6 nitrogen and oxygen atoms in total. The normalized spacial score (nSPS) is 17.2. The van der Waals surface area contributed by atoms with Gasteiger partial charge in [-0.1, -0.05) is 35.9 Å². The van der Waals surface area contributed by atoms with Crippen molar-refractivity contribution in [2.24, 2.45) is 0 Å². The first kappa shape index (κ1) is 15.9. The van der Waals surface area contributed by atoms with Gasteiger partial charge in [-0.15, -0.1) is 0 Å². The molecule has 0 aromatic heterocycles. The van der Waals surface area contributed by atoms with Crippen molar-refractivity contribution < 1.29 is 14.4 Å². The number of imide groups is 1. The maximum Gasteiger partial charge on any atom is 0.265 e. The van der Waals surface area contributed by atoms with E-state index in [0.29, 0.717) is 11.3 Å². The van der Waals surface area contributed by atoms with Gasteiger partial charge in [0.15, 0.2) is 0 Å². The second-order valence-corrected chi connectivity index (χ2v) is 5.62. The van der Waals surface area contributed by atoms with Crippen LogP contribution in [0.15, 0.2) is 54.6 Å². The second-order valence-electron chi connectivity index (χ2n) is 5.62. The summed E-state index contributed by atoms with van der Waals surface area (Å²) in [6.07, 6.45) is 0.00177. The van der Waals surface area contributed by atoms with Crippen LogP contribution in [-0.2, 0) is 9.59 Å². The SMILES string of the molecule is Cc1ccc(N2C(=O)C[C@H](NNC(=O)c3ccccc3)C2=O)cc1. The molecule has 0 spiro atoms. The summed E-state index contributed by atoms with van der Waals surface area (Å²) < 4.78 is 0. The van der Waals surface area contributed by atoms with Gasteiger partial charge in [0.2, 0.25) is 5.91 Å². The monoisotopic (exact) mass is 323 g/mol. The fraction of sp³-hybridized carbons (Fsp3) is 0.167. The Kier molecular flexibility index (Phi) is 4.39. The number of rotatable bonds is 4. The first-order valence-electron chi connectivity index (χ1n) is 7.60. The van der Waals surface area contributed by atoms with Crippen molar-refractivity contribution >= 4 is 23.4 Å². The van der Waals surface area contributed by atoms with Gasteiger partial charge in [0.05, 0.1) is 12.1 Å². The van der Waals surface area contributed by atoms with Gasteiger partial charge in [0.1, 0.15) is 6.04 Å². The smallest absolute Gasteiger partial charge is 0.265 e. The predicted molar refractivity (Wildman–Crippen MR) is 89.1 cm³/mol. The van der Waals surface area contributed by atoms with Gasteiger partial charge in [0, 0.05) is 5.56 Å². The van der Waals surface area contributed by atoms with Crippen LogP contribution in [0.4, 0.5) is 5.69 Å². The van der Waals surface area contributed by atoms with Crippen molar-refractivity contribution in [2.75, 3.05) is 4.90 Å². The second kappa shape index (κ2) is 6.64. The molecule has 0 radical (unpaired) electrons. The van der Waals surface area contributed by atoms with Crippen molar-refractivity contribution in [1.29, 1.82) is 0 Å². The van der Waals surface area contributed by atoms with Gasteiger partial charge in [-0.25, -0.2) is 10.3 Å². The van der Waals surface area contributed by atoms with E-state index in [1.807, 2.05) is 25.1 Å². The Hall–Kier alpha value is -2.99. The zero-order chi connectivity index (χ0) is 17.1. The molecule has 2 aromatic carbocycles. The number of nitrogens with zero attached hydrogens (tertiary/aromatic N) is 1. The molecule has 1 aliphatic heterocycles. The van der Waals surface area contributed by atoms with E-state index in [1.165, 1.54) is 0 Å². The van der Waals surface area contributed by atoms with E-state index in [0.717, 1.165) is 10.5 Å². The van der Waals surface area contributed by atoms with Crippen molar-refractivity contribution in [3.63, 3.8) is 0 Å². The molecule has 0 aliphatic carbocycles. The number of carbonyl (C=O) groups excluding carboxylic acids is 3. The Balaban J connectivity index is 1.66. The zero-order valence-corrected chi connectivity index (χ0v) is 13.2. The van der Waals surface area contributed by atoms with Crippen LogP contribution in [0.1, 0.15) is 22.3 Å². The van der Waals surface area contributed by atoms with Crippen LogP contribution in [-0.4, -0.2) is 23.8 Å². The third-order valence-corrected chi connectivity index (χ3v) is 3.83. The molecular formula is C18H17N3O3. The van der Waals surface area contributed by atoms with E-state index in [4.69, 9.17) is 0 Å². The highest BCUT2D eigenvalue weighted by atomic mass is 16.2. The molecule has 0 saturated carbocycles. The number of benzene rings is 2. The number of aryl methyl sites for hydroxylation is 1. The molecule has 6 heteroatoms. The minimum atomic E-state index is -0.772. The standard InChI is InChI=1S/C18H17N3O3/c1-12-7-9-14(10-8-12)21-16(22)11-15(18(21)24)19-20-17(23)13-5-3-2-4-6-13/h2-10,15,19H,11H2,1H3,(H,20,23)/t15-/m0/s1. The summed E-state index contributed by atoms with van der Waals surface area (Å²) in [5, 5.41) is 0. The van der Waals surface area contributed by atoms with Crippen molar-refractivity contribution in [3.05, 3.63) is 65.7 Å². The summed E-state index contributed by atoms with van der Waals surface area (Å²) in [7, 11) is 0. The van der Waals surface area contributed by atoms with Crippen molar-refractivity contribution in [3.8, 4) is 0 Å². The molecule has 1 heterocycles. The maximum absolute atomic E-state index is 12.4. The first-order valence-corrected chi connectivity index (χ1v) is 7.60. The fourth-order valence-corrected chi connectivity index (χ4v) is 2.52. The Morgan fingerprint density at radius 2 is 1.71 bits per heavy atom. The number of hydrogen-bond donors (Lipinski definition) is 2. The molecule has 24 heavy (non-hydrogen) atoms. The summed E-state index contributed by atoms with van der Waals surface area (Å²) in [5.74, 6) is -1.03. The van der Waals surface area contributed by atoms with E-state index in [2.05, 4.69) is 10.9 Å². The lowest BCUT2D eigenvalue weighted by atomic mass is 10.2. The first-order chi connectivity index (χ1) is 11.6. The van der Waals surface area contributed by atoms with Gasteiger partial charge in [-0.2, -0.15) is 0 Å². The third-order valence-electron chi connectivity index (χ3n) is 3.83. The van der Waals surface area contributed by atoms with E-state index in [-0.39, 0.29) is 24.1 Å². The minimum Gasteiger partial charge on any atom is -0.287 e. The van der Waals surface area contributed by atoms with Gasteiger partial charge >= 0.3 is 0 Å². The van der Waals surface area contributed by atoms with E-state index in [1.54, 1.807) is 36.4 Å². The highest BCUT2D eigenvalue weighted by Gasteiger charge is 2.39. The quantitative estimate of drug-likeness (QED) is 0.661. The number of anilines is 1.